The molecule has 2 N–H and O–H groups in total. The average Bonchev–Trinajstić information content (AvgIpc) is 2.31. The van der Waals surface area contributed by atoms with Crippen molar-refractivity contribution in [2.24, 2.45) is 11.8 Å². The third-order valence-corrected chi connectivity index (χ3v) is 2.79. The van der Waals surface area contributed by atoms with Crippen LogP contribution in [0.2, 0.25) is 0 Å². The van der Waals surface area contributed by atoms with E-state index in [1.807, 2.05) is 13.8 Å². The molecule has 0 aliphatic rings. The van der Waals surface area contributed by atoms with Crippen LogP contribution in [0, 0.1) is 11.8 Å². The van der Waals surface area contributed by atoms with E-state index in [2.05, 4.69) is 5.32 Å². The van der Waals surface area contributed by atoms with E-state index >= 15 is 0 Å². The van der Waals surface area contributed by atoms with Crippen molar-refractivity contribution in [2.45, 2.75) is 26.7 Å². The van der Waals surface area contributed by atoms with Crippen molar-refractivity contribution >= 4 is 12.0 Å². The average molecular weight is 274 g/mol. The van der Waals surface area contributed by atoms with Gasteiger partial charge in [-0.25, -0.2) is 4.79 Å². The summed E-state index contributed by atoms with van der Waals surface area (Å²) in [5.41, 5.74) is 0. The van der Waals surface area contributed by atoms with Gasteiger partial charge in [-0.2, -0.15) is 0 Å². The number of carbonyl (C=O) groups is 2. The Balaban J connectivity index is 4.14. The summed E-state index contributed by atoms with van der Waals surface area (Å²) < 4.78 is 4.89. The van der Waals surface area contributed by atoms with Crippen molar-refractivity contribution in [1.29, 1.82) is 0 Å². The number of nitrogens with zero attached hydrogens (tertiary/aromatic N) is 1. The molecule has 0 bridgehead atoms. The van der Waals surface area contributed by atoms with Gasteiger partial charge in [0.25, 0.3) is 0 Å². The highest BCUT2D eigenvalue weighted by Crippen LogP contribution is 2.14. The first-order valence-electron chi connectivity index (χ1n) is 6.56. The summed E-state index contributed by atoms with van der Waals surface area (Å²) in [5, 5.41) is 11.6. The van der Waals surface area contributed by atoms with E-state index in [0.29, 0.717) is 25.6 Å². The predicted octanol–water partition coefficient (Wildman–Crippen LogP) is 1.41. The molecule has 0 aromatic carbocycles. The van der Waals surface area contributed by atoms with Crippen LogP contribution in [0.3, 0.4) is 0 Å². The maximum absolute atomic E-state index is 11.7. The first-order chi connectivity index (χ1) is 8.86. The molecule has 112 valence electrons. The molecule has 6 heteroatoms. The highest BCUT2D eigenvalue weighted by atomic mass is 16.5. The number of urea groups is 1. The van der Waals surface area contributed by atoms with Gasteiger partial charge in [-0.3, -0.25) is 4.79 Å². The van der Waals surface area contributed by atoms with Crippen LogP contribution in [0.1, 0.15) is 26.7 Å². The summed E-state index contributed by atoms with van der Waals surface area (Å²) in [5.74, 6) is -0.447. The predicted molar refractivity (Wildman–Crippen MR) is 73.1 cm³/mol. The summed E-state index contributed by atoms with van der Waals surface area (Å²) in [6.45, 7) is 5.47. The largest absolute Gasteiger partial charge is 0.481 e. The molecule has 0 fully saturated rings. The molecule has 0 aromatic rings. The molecule has 0 aromatic heterocycles. The van der Waals surface area contributed by atoms with Crippen molar-refractivity contribution in [3.8, 4) is 0 Å². The fourth-order valence-corrected chi connectivity index (χ4v) is 1.85. The van der Waals surface area contributed by atoms with E-state index in [9.17, 15) is 9.59 Å². The minimum Gasteiger partial charge on any atom is -0.481 e. The van der Waals surface area contributed by atoms with E-state index in [0.717, 1.165) is 6.42 Å². The van der Waals surface area contributed by atoms with E-state index in [-0.39, 0.29) is 18.4 Å². The minimum atomic E-state index is -0.826. The van der Waals surface area contributed by atoms with Gasteiger partial charge in [0.2, 0.25) is 0 Å². The van der Waals surface area contributed by atoms with E-state index < -0.39 is 5.97 Å². The number of hydrogen-bond acceptors (Lipinski definition) is 3. The van der Waals surface area contributed by atoms with Crippen LogP contribution in [0.5, 0.6) is 0 Å². The molecule has 0 heterocycles. The Morgan fingerprint density at radius 3 is 2.47 bits per heavy atom. The zero-order chi connectivity index (χ0) is 14.8. The molecule has 0 spiro atoms. The number of hydrogen-bond donors (Lipinski definition) is 2. The summed E-state index contributed by atoms with van der Waals surface area (Å²) in [4.78, 5) is 24.0. The van der Waals surface area contributed by atoms with Gasteiger partial charge >= 0.3 is 12.0 Å². The Morgan fingerprint density at radius 2 is 2.00 bits per heavy atom. The maximum Gasteiger partial charge on any atom is 0.317 e. The molecule has 0 rings (SSSR count). The van der Waals surface area contributed by atoms with E-state index in [1.165, 1.54) is 4.90 Å². The third kappa shape index (κ3) is 9.30. The van der Waals surface area contributed by atoms with Crippen molar-refractivity contribution in [3.05, 3.63) is 0 Å². The van der Waals surface area contributed by atoms with Gasteiger partial charge in [-0.15, -0.1) is 0 Å². The molecule has 0 aliphatic heterocycles. The summed E-state index contributed by atoms with van der Waals surface area (Å²) in [6.07, 6.45) is 0.870. The zero-order valence-corrected chi connectivity index (χ0v) is 12.3. The van der Waals surface area contributed by atoms with Crippen LogP contribution in [-0.4, -0.2) is 55.9 Å². The number of likely N-dealkylation sites (N-methyl/N-ethyl adjacent to an activating group) is 1. The lowest BCUT2D eigenvalue weighted by molar-refractivity contribution is -0.138. The van der Waals surface area contributed by atoms with Crippen LogP contribution in [0.15, 0.2) is 0 Å². The monoisotopic (exact) mass is 274 g/mol. The number of nitrogens with one attached hydrogen (secondary N) is 1. The van der Waals surface area contributed by atoms with Crippen LogP contribution in [0.4, 0.5) is 4.79 Å². The van der Waals surface area contributed by atoms with E-state index in [1.54, 1.807) is 14.2 Å². The van der Waals surface area contributed by atoms with Crippen LogP contribution >= 0.6 is 0 Å². The molecular weight excluding hydrogens is 248 g/mol. The molecule has 19 heavy (non-hydrogen) atoms. The molecule has 0 saturated carbocycles. The molecule has 6 nitrogen and oxygen atoms in total. The normalized spacial score (nSPS) is 12.3. The Hall–Kier alpha value is -1.30. The summed E-state index contributed by atoms with van der Waals surface area (Å²) in [6, 6.07) is -0.198. The SMILES string of the molecule is COCCN(C)C(=O)NCC(CC(=O)O)CC(C)C. The second-order valence-corrected chi connectivity index (χ2v) is 5.19. The van der Waals surface area contributed by atoms with Crippen molar-refractivity contribution in [2.75, 3.05) is 33.9 Å². The summed E-state index contributed by atoms with van der Waals surface area (Å²) >= 11 is 0. The van der Waals surface area contributed by atoms with Crippen LogP contribution in [-0.2, 0) is 9.53 Å². The fourth-order valence-electron chi connectivity index (χ4n) is 1.85. The number of ether oxygens (including phenoxy) is 1. The third-order valence-electron chi connectivity index (χ3n) is 2.79. The second-order valence-electron chi connectivity index (χ2n) is 5.19. The minimum absolute atomic E-state index is 0.0303. The van der Waals surface area contributed by atoms with Crippen molar-refractivity contribution in [3.63, 3.8) is 0 Å². The molecule has 0 radical (unpaired) electrons. The summed E-state index contributed by atoms with van der Waals surface area (Å²) in [7, 11) is 3.26. The van der Waals surface area contributed by atoms with Gasteiger partial charge in [0.05, 0.1) is 6.61 Å². The maximum atomic E-state index is 11.7. The molecule has 0 aliphatic carbocycles. The van der Waals surface area contributed by atoms with Gasteiger partial charge in [-0.1, -0.05) is 13.8 Å². The fraction of sp³-hybridized carbons (Fsp3) is 0.846. The molecule has 2 amide bonds. The molecule has 1 atom stereocenters. The molecule has 1 unspecified atom stereocenters. The van der Waals surface area contributed by atoms with Gasteiger partial charge in [0, 0.05) is 33.7 Å². The Bertz CT molecular complexity index is 282. The molecular formula is C13H26N2O4. The number of methoxy groups -OCH3 is 1. The lowest BCUT2D eigenvalue weighted by Crippen LogP contribution is -2.41. The number of carboxylic acid groups (broad SMARTS) is 1. The van der Waals surface area contributed by atoms with Crippen molar-refractivity contribution < 1.29 is 19.4 Å². The number of aliphatic carboxylic acids is 1. The quantitative estimate of drug-likeness (QED) is 0.666. The van der Waals surface area contributed by atoms with Crippen molar-refractivity contribution in [1.82, 2.24) is 10.2 Å². The first-order valence-corrected chi connectivity index (χ1v) is 6.56. The van der Waals surface area contributed by atoms with Gasteiger partial charge in [-0.05, 0) is 18.3 Å². The number of rotatable bonds is 9. The number of carboxylic acids is 1. The lowest BCUT2D eigenvalue weighted by atomic mass is 9.94. The van der Waals surface area contributed by atoms with Crippen LogP contribution < -0.4 is 5.32 Å². The zero-order valence-electron chi connectivity index (χ0n) is 12.3. The van der Waals surface area contributed by atoms with Gasteiger partial charge < -0.3 is 20.1 Å². The standard InChI is InChI=1S/C13H26N2O4/c1-10(2)7-11(8-12(16)17)9-14-13(18)15(3)5-6-19-4/h10-11H,5-9H2,1-4H3,(H,14,18)(H,16,17). The second kappa shape index (κ2) is 9.61. The van der Waals surface area contributed by atoms with E-state index in [4.69, 9.17) is 9.84 Å². The van der Waals surface area contributed by atoms with Gasteiger partial charge in [0.15, 0.2) is 0 Å². The lowest BCUT2D eigenvalue weighted by Gasteiger charge is -2.21. The van der Waals surface area contributed by atoms with Gasteiger partial charge in [0.1, 0.15) is 0 Å². The first kappa shape index (κ1) is 17.7. The number of amides is 2. The number of carbonyl (C=O) groups excluding carboxylic acids is 1. The Morgan fingerprint density at radius 1 is 1.37 bits per heavy atom. The Labute approximate surface area is 115 Å². The highest BCUT2D eigenvalue weighted by molar-refractivity contribution is 5.74. The molecule has 0 saturated heterocycles. The Kier molecular flexibility index (Phi) is 8.95. The smallest absolute Gasteiger partial charge is 0.317 e. The van der Waals surface area contributed by atoms with Crippen LogP contribution in [0.25, 0.3) is 0 Å². The highest BCUT2D eigenvalue weighted by Gasteiger charge is 2.17. The topological polar surface area (TPSA) is 78.9 Å².